The summed E-state index contributed by atoms with van der Waals surface area (Å²) in [4.78, 5) is 0. The van der Waals surface area contributed by atoms with Crippen molar-refractivity contribution in [2.75, 3.05) is 13.2 Å². The molecule has 4 atom stereocenters. The van der Waals surface area contributed by atoms with Crippen LogP contribution in [0.3, 0.4) is 0 Å². The third kappa shape index (κ3) is 13.2. The molecular formula is C16H36O5. The molecule has 130 valence electrons. The number of aliphatic hydroxyl groups excluding tert-OH is 5. The topological polar surface area (TPSA) is 101 Å². The van der Waals surface area contributed by atoms with Crippen LogP contribution < -0.4 is 0 Å². The minimum Gasteiger partial charge on any atom is -0.394 e. The van der Waals surface area contributed by atoms with Gasteiger partial charge >= 0.3 is 0 Å². The van der Waals surface area contributed by atoms with E-state index in [1.54, 1.807) is 0 Å². The standard InChI is InChI=1S/C11H24O3.C5H12O2/c1-3-5-6-7-9(4-2)11(14)10(13)8-12;1-2-3-5(7)4-6/h9-14H,3-8H2,1-2H3;5-7H,2-4H2,1H3. The average Bonchev–Trinajstić information content (AvgIpc) is 2.51. The zero-order valence-electron chi connectivity index (χ0n) is 13.9. The Morgan fingerprint density at radius 1 is 0.762 bits per heavy atom. The van der Waals surface area contributed by atoms with Gasteiger partial charge in [-0.3, -0.25) is 0 Å². The first-order chi connectivity index (χ1) is 9.98. The summed E-state index contributed by atoms with van der Waals surface area (Å²) in [6, 6.07) is 0. The predicted molar refractivity (Wildman–Crippen MR) is 85.0 cm³/mol. The monoisotopic (exact) mass is 308 g/mol. The van der Waals surface area contributed by atoms with Crippen LogP contribution in [0.25, 0.3) is 0 Å². The molecule has 0 bridgehead atoms. The van der Waals surface area contributed by atoms with Crippen molar-refractivity contribution in [1.82, 2.24) is 0 Å². The largest absolute Gasteiger partial charge is 0.394 e. The summed E-state index contributed by atoms with van der Waals surface area (Å²) in [6.45, 7) is 5.65. The predicted octanol–water partition coefficient (Wildman–Crippen LogP) is 1.45. The summed E-state index contributed by atoms with van der Waals surface area (Å²) in [5.74, 6) is 0.115. The van der Waals surface area contributed by atoms with Gasteiger partial charge in [-0.25, -0.2) is 0 Å². The van der Waals surface area contributed by atoms with Crippen LogP contribution in [0.4, 0.5) is 0 Å². The Balaban J connectivity index is 0. The van der Waals surface area contributed by atoms with Crippen molar-refractivity contribution in [3.05, 3.63) is 0 Å². The molecule has 21 heavy (non-hydrogen) atoms. The van der Waals surface area contributed by atoms with Gasteiger partial charge in [-0.2, -0.15) is 0 Å². The zero-order chi connectivity index (χ0) is 16.7. The van der Waals surface area contributed by atoms with Crippen molar-refractivity contribution < 1.29 is 25.5 Å². The van der Waals surface area contributed by atoms with Gasteiger partial charge in [0, 0.05) is 0 Å². The fourth-order valence-corrected chi connectivity index (χ4v) is 2.12. The van der Waals surface area contributed by atoms with E-state index in [2.05, 4.69) is 6.92 Å². The molecule has 0 saturated heterocycles. The third-order valence-electron chi connectivity index (χ3n) is 3.60. The van der Waals surface area contributed by atoms with Gasteiger partial charge in [0.25, 0.3) is 0 Å². The minimum absolute atomic E-state index is 0.103. The number of rotatable bonds is 11. The molecule has 0 spiro atoms. The summed E-state index contributed by atoms with van der Waals surface area (Å²) in [7, 11) is 0. The molecule has 0 aromatic heterocycles. The molecule has 0 rings (SSSR count). The van der Waals surface area contributed by atoms with E-state index < -0.39 is 18.3 Å². The molecular weight excluding hydrogens is 272 g/mol. The SMILES string of the molecule is CCCC(O)CO.CCCCCC(CC)C(O)C(O)CO. The van der Waals surface area contributed by atoms with Gasteiger partial charge < -0.3 is 25.5 Å². The Morgan fingerprint density at radius 3 is 1.71 bits per heavy atom. The van der Waals surface area contributed by atoms with Gasteiger partial charge in [0.2, 0.25) is 0 Å². The lowest BCUT2D eigenvalue weighted by Crippen LogP contribution is -2.35. The van der Waals surface area contributed by atoms with Crippen molar-refractivity contribution in [3.63, 3.8) is 0 Å². The molecule has 0 aliphatic rings. The molecule has 0 aliphatic heterocycles. The molecule has 0 aliphatic carbocycles. The molecule has 5 heteroatoms. The summed E-state index contributed by atoms with van der Waals surface area (Å²) in [5, 5.41) is 44.5. The number of aliphatic hydroxyl groups is 5. The highest BCUT2D eigenvalue weighted by molar-refractivity contribution is 4.74. The van der Waals surface area contributed by atoms with E-state index in [0.29, 0.717) is 6.42 Å². The van der Waals surface area contributed by atoms with E-state index in [1.807, 2.05) is 13.8 Å². The van der Waals surface area contributed by atoms with Crippen molar-refractivity contribution in [1.29, 1.82) is 0 Å². The van der Waals surface area contributed by atoms with Crippen LogP contribution in [-0.2, 0) is 0 Å². The normalized spacial score (nSPS) is 16.6. The molecule has 5 N–H and O–H groups in total. The fraction of sp³-hybridized carbons (Fsp3) is 1.00. The number of unbranched alkanes of at least 4 members (excludes halogenated alkanes) is 2. The van der Waals surface area contributed by atoms with Gasteiger partial charge in [0.15, 0.2) is 0 Å². The maximum absolute atomic E-state index is 9.67. The Hall–Kier alpha value is -0.200. The highest BCUT2D eigenvalue weighted by Gasteiger charge is 2.23. The smallest absolute Gasteiger partial charge is 0.103 e. The fourth-order valence-electron chi connectivity index (χ4n) is 2.12. The Morgan fingerprint density at radius 2 is 1.38 bits per heavy atom. The third-order valence-corrected chi connectivity index (χ3v) is 3.60. The first kappa shape index (κ1) is 23.1. The van der Waals surface area contributed by atoms with Gasteiger partial charge in [-0.1, -0.05) is 52.9 Å². The van der Waals surface area contributed by atoms with Crippen LogP contribution in [0.2, 0.25) is 0 Å². The van der Waals surface area contributed by atoms with Crippen LogP contribution in [-0.4, -0.2) is 57.1 Å². The van der Waals surface area contributed by atoms with Gasteiger partial charge in [-0.15, -0.1) is 0 Å². The Labute approximate surface area is 129 Å². The van der Waals surface area contributed by atoms with Gasteiger partial charge in [0.1, 0.15) is 6.10 Å². The van der Waals surface area contributed by atoms with Crippen LogP contribution in [0.15, 0.2) is 0 Å². The van der Waals surface area contributed by atoms with E-state index in [1.165, 1.54) is 6.42 Å². The second kappa shape index (κ2) is 16.2. The van der Waals surface area contributed by atoms with Crippen molar-refractivity contribution in [2.45, 2.75) is 84.0 Å². The van der Waals surface area contributed by atoms with Crippen molar-refractivity contribution >= 4 is 0 Å². The Kier molecular flexibility index (Phi) is 17.8. The first-order valence-corrected chi connectivity index (χ1v) is 8.24. The summed E-state index contributed by atoms with van der Waals surface area (Å²) < 4.78 is 0. The minimum atomic E-state index is -0.985. The van der Waals surface area contributed by atoms with Gasteiger partial charge in [-0.05, 0) is 18.8 Å². The second-order valence-electron chi connectivity index (χ2n) is 5.53. The van der Waals surface area contributed by atoms with E-state index in [9.17, 15) is 10.2 Å². The van der Waals surface area contributed by atoms with Crippen LogP contribution >= 0.6 is 0 Å². The molecule has 0 heterocycles. The average molecular weight is 308 g/mol. The van der Waals surface area contributed by atoms with E-state index in [4.69, 9.17) is 15.3 Å². The summed E-state index contributed by atoms with van der Waals surface area (Å²) >= 11 is 0. The zero-order valence-corrected chi connectivity index (χ0v) is 13.9. The van der Waals surface area contributed by atoms with Crippen molar-refractivity contribution in [2.24, 2.45) is 5.92 Å². The Bertz CT molecular complexity index is 201. The molecule has 0 aromatic carbocycles. The molecule has 0 fully saturated rings. The number of hydrogen-bond acceptors (Lipinski definition) is 5. The van der Waals surface area contributed by atoms with Crippen LogP contribution in [0, 0.1) is 5.92 Å². The van der Waals surface area contributed by atoms with Crippen molar-refractivity contribution in [3.8, 4) is 0 Å². The molecule has 0 aromatic rings. The van der Waals surface area contributed by atoms with E-state index in [0.717, 1.165) is 32.1 Å². The highest BCUT2D eigenvalue weighted by atomic mass is 16.4. The molecule has 0 amide bonds. The molecule has 4 unspecified atom stereocenters. The molecule has 0 radical (unpaired) electrons. The van der Waals surface area contributed by atoms with Crippen LogP contribution in [0.1, 0.15) is 65.7 Å². The lowest BCUT2D eigenvalue weighted by molar-refractivity contribution is -0.0461. The maximum atomic E-state index is 9.67. The summed E-state index contributed by atoms with van der Waals surface area (Å²) in [6.07, 6.45) is 4.58. The molecule has 0 saturated carbocycles. The first-order valence-electron chi connectivity index (χ1n) is 8.24. The lowest BCUT2D eigenvalue weighted by atomic mass is 9.90. The lowest BCUT2D eigenvalue weighted by Gasteiger charge is -2.24. The quantitative estimate of drug-likeness (QED) is 0.372. The van der Waals surface area contributed by atoms with Gasteiger partial charge in [0.05, 0.1) is 25.4 Å². The van der Waals surface area contributed by atoms with E-state index in [-0.39, 0.29) is 19.1 Å². The number of hydrogen-bond donors (Lipinski definition) is 5. The van der Waals surface area contributed by atoms with Crippen LogP contribution in [0.5, 0.6) is 0 Å². The van der Waals surface area contributed by atoms with E-state index >= 15 is 0 Å². The highest BCUT2D eigenvalue weighted by Crippen LogP contribution is 2.19. The molecule has 5 nitrogen and oxygen atoms in total. The second-order valence-corrected chi connectivity index (χ2v) is 5.53. The maximum Gasteiger partial charge on any atom is 0.103 e. The summed E-state index contributed by atoms with van der Waals surface area (Å²) in [5.41, 5.74) is 0.